The molecule has 2 amide bonds. The third-order valence-electron chi connectivity index (χ3n) is 6.74. The summed E-state index contributed by atoms with van der Waals surface area (Å²) in [4.78, 5) is 44.4. The van der Waals surface area contributed by atoms with Crippen LogP contribution in [0.2, 0.25) is 3.43 Å². The van der Waals surface area contributed by atoms with Crippen LogP contribution in [0.3, 0.4) is 0 Å². The van der Waals surface area contributed by atoms with Crippen LogP contribution in [0.1, 0.15) is 11.3 Å². The molecule has 182 valence electrons. The van der Waals surface area contributed by atoms with Gasteiger partial charge in [-0.15, -0.1) is 0 Å². The fraction of sp³-hybridized carbons (Fsp3) is 0.143. The van der Waals surface area contributed by atoms with Crippen LogP contribution in [-0.2, 0) is 41.2 Å². The van der Waals surface area contributed by atoms with Crippen LogP contribution < -0.4 is 18.4 Å². The minimum absolute atomic E-state index is 0.000711. The van der Waals surface area contributed by atoms with Gasteiger partial charge in [0.15, 0.2) is 0 Å². The Morgan fingerprint density at radius 3 is 1.86 bits per heavy atom. The second-order valence-corrected chi connectivity index (χ2v) is 17.4. The number of carbonyl (C=O) groups excluding carboxylic acids is 2. The third-order valence-corrected chi connectivity index (χ3v) is 15.1. The number of nitrogens with zero attached hydrogens (tertiary/aromatic N) is 4. The Hall–Kier alpha value is -3.36. The predicted molar refractivity (Wildman–Crippen MR) is 144 cm³/mol. The Morgan fingerprint density at radius 2 is 1.27 bits per heavy atom. The van der Waals surface area contributed by atoms with Gasteiger partial charge in [0.1, 0.15) is 0 Å². The summed E-state index contributed by atoms with van der Waals surface area (Å²) in [5, 5.41) is 0.000711. The first kappa shape index (κ1) is 25.3. The Morgan fingerprint density at radius 1 is 0.730 bits per heavy atom. The van der Waals surface area contributed by atoms with E-state index in [9.17, 15) is 14.4 Å². The van der Waals surface area contributed by atoms with Crippen LogP contribution in [0.5, 0.6) is 0 Å². The van der Waals surface area contributed by atoms with Crippen molar-refractivity contribution in [3.05, 3.63) is 107 Å². The number of amides is 2. The molecule has 5 rings (SSSR count). The van der Waals surface area contributed by atoms with Crippen LogP contribution in [0.15, 0.2) is 89.7 Å². The average molecular weight is 697 g/mol. The van der Waals surface area contributed by atoms with Gasteiger partial charge in [-0.3, -0.25) is 0 Å². The summed E-state index contributed by atoms with van der Waals surface area (Å²) < 4.78 is 3.48. The van der Waals surface area contributed by atoms with Gasteiger partial charge in [0.2, 0.25) is 0 Å². The number of aryl methyl sites for hydroxylation is 1. The van der Waals surface area contributed by atoms with Crippen LogP contribution in [0.25, 0.3) is 5.69 Å². The molecule has 1 fully saturated rings. The predicted octanol–water partition coefficient (Wildman–Crippen LogP) is 3.65. The fourth-order valence-electron chi connectivity index (χ4n) is 4.67. The molecule has 0 N–H and O–H groups in total. The Balaban J connectivity index is 1.66. The molecule has 1 saturated heterocycles. The SMILES string of the molecule is Cc1cc[c]([Hg][CH]2C(=O)N(c3ccccc3)C(=S)N(c3c(C)n(C)n(-c4ccccc4)c3=O)C2=O)cc1. The summed E-state index contributed by atoms with van der Waals surface area (Å²) in [5.74, 6) is -0.716. The van der Waals surface area contributed by atoms with Crippen molar-refractivity contribution >= 4 is 43.6 Å². The maximum atomic E-state index is 14.0. The maximum absolute atomic E-state index is 14.0. The zero-order valence-electron chi connectivity index (χ0n) is 20.8. The van der Waals surface area contributed by atoms with Gasteiger partial charge in [0.05, 0.1) is 0 Å². The number of anilines is 2. The van der Waals surface area contributed by atoms with Gasteiger partial charge < -0.3 is 0 Å². The molecule has 9 heteroatoms. The molecular formula is C28H24HgN4O3S. The zero-order chi connectivity index (χ0) is 26.3. The van der Waals surface area contributed by atoms with Gasteiger partial charge in [-0.1, -0.05) is 0 Å². The van der Waals surface area contributed by atoms with E-state index in [1.165, 1.54) is 14.5 Å². The number of rotatable bonds is 5. The molecule has 0 aliphatic carbocycles. The van der Waals surface area contributed by atoms with E-state index >= 15 is 0 Å². The molecule has 0 bridgehead atoms. The van der Waals surface area contributed by atoms with E-state index in [2.05, 4.69) is 0 Å². The van der Waals surface area contributed by atoms with E-state index in [-0.39, 0.29) is 22.3 Å². The number of benzene rings is 3. The fourth-order valence-corrected chi connectivity index (χ4v) is 11.6. The summed E-state index contributed by atoms with van der Waals surface area (Å²) in [6.07, 6.45) is 0. The number of hydrogen-bond acceptors (Lipinski definition) is 4. The first-order chi connectivity index (χ1) is 17.8. The second kappa shape index (κ2) is 10.2. The van der Waals surface area contributed by atoms with Gasteiger partial charge in [-0.05, 0) is 0 Å². The van der Waals surface area contributed by atoms with E-state index in [1.54, 1.807) is 30.8 Å². The Kier molecular flexibility index (Phi) is 6.96. The molecule has 3 aromatic carbocycles. The topological polar surface area (TPSA) is 67.6 Å². The first-order valence-corrected chi connectivity index (χ1v) is 18.3. The van der Waals surface area contributed by atoms with Gasteiger partial charge >= 0.3 is 233 Å². The number of hydrogen-bond donors (Lipinski definition) is 0. The molecule has 7 nitrogen and oxygen atoms in total. The second-order valence-electron chi connectivity index (χ2n) is 9.12. The van der Waals surface area contributed by atoms with Crippen molar-refractivity contribution < 1.29 is 34.2 Å². The molecule has 1 unspecified atom stereocenters. The zero-order valence-corrected chi connectivity index (χ0v) is 27.1. The standard InChI is InChI=1S/C21H17N4O3S.C7H7.Hg/c1-14-19(20(28)25(22(14)2)16-11-7-4-8-12-16)24-18(27)13-17(26)23(21(24)29)15-9-5-3-6-10-15;1-7-5-3-2-4-6-7;/h3-13H,1-2H3;3-6H,1H3;. The number of aromatic nitrogens is 2. The molecule has 1 aliphatic heterocycles. The number of thiocarbonyl (C=S) groups is 1. The van der Waals surface area contributed by atoms with E-state index in [0.717, 1.165) is 8.64 Å². The summed E-state index contributed by atoms with van der Waals surface area (Å²) in [5.41, 5.74) is 2.76. The molecule has 37 heavy (non-hydrogen) atoms. The van der Waals surface area contributed by atoms with E-state index < -0.39 is 33.9 Å². The van der Waals surface area contributed by atoms with Crippen molar-refractivity contribution in [1.82, 2.24) is 9.36 Å². The van der Waals surface area contributed by atoms with E-state index in [0.29, 0.717) is 17.1 Å². The first-order valence-electron chi connectivity index (χ1n) is 12.0. The molecular weight excluding hydrogens is 673 g/mol. The normalized spacial score (nSPS) is 15.8. The number of para-hydroxylation sites is 2. The monoisotopic (exact) mass is 698 g/mol. The van der Waals surface area contributed by atoms with Crippen LogP contribution in [0, 0.1) is 13.8 Å². The van der Waals surface area contributed by atoms with Crippen molar-refractivity contribution in [3.8, 4) is 5.69 Å². The van der Waals surface area contributed by atoms with Crippen LogP contribution in [0.4, 0.5) is 11.4 Å². The summed E-state index contributed by atoms with van der Waals surface area (Å²) >= 11 is 3.41. The Bertz CT molecular complexity index is 1560. The molecule has 1 aromatic heterocycles. The third kappa shape index (κ3) is 4.49. The molecule has 4 aromatic rings. The number of carbonyl (C=O) groups is 2. The molecule has 1 aliphatic rings. The molecule has 1 atom stereocenters. The van der Waals surface area contributed by atoms with Crippen molar-refractivity contribution in [3.63, 3.8) is 0 Å². The van der Waals surface area contributed by atoms with Crippen molar-refractivity contribution in [2.75, 3.05) is 9.80 Å². The van der Waals surface area contributed by atoms with Crippen LogP contribution >= 0.6 is 12.2 Å². The van der Waals surface area contributed by atoms with E-state index in [1.807, 2.05) is 79.7 Å². The van der Waals surface area contributed by atoms with Gasteiger partial charge in [0.25, 0.3) is 0 Å². The van der Waals surface area contributed by atoms with Crippen molar-refractivity contribution in [2.45, 2.75) is 17.3 Å². The summed E-state index contributed by atoms with van der Waals surface area (Å²) in [6.45, 7) is 3.79. The van der Waals surface area contributed by atoms with Crippen molar-refractivity contribution in [1.29, 1.82) is 0 Å². The average Bonchev–Trinajstić information content (AvgIpc) is 3.12. The Labute approximate surface area is 232 Å². The van der Waals surface area contributed by atoms with E-state index in [4.69, 9.17) is 12.2 Å². The molecule has 2 heterocycles. The summed E-state index contributed by atoms with van der Waals surface area (Å²) in [6, 6.07) is 26.3. The van der Waals surface area contributed by atoms with Crippen LogP contribution in [-0.4, -0.2) is 26.3 Å². The van der Waals surface area contributed by atoms with Crippen molar-refractivity contribution in [2.24, 2.45) is 7.05 Å². The van der Waals surface area contributed by atoms with Gasteiger partial charge in [0, 0.05) is 0 Å². The van der Waals surface area contributed by atoms with Gasteiger partial charge in [-0.25, -0.2) is 0 Å². The molecule has 0 spiro atoms. The molecule has 0 radical (unpaired) electrons. The molecule has 0 saturated carbocycles. The van der Waals surface area contributed by atoms with Gasteiger partial charge in [-0.2, -0.15) is 0 Å². The minimum atomic E-state index is -2.36. The quantitative estimate of drug-likeness (QED) is 0.182. The summed E-state index contributed by atoms with van der Waals surface area (Å²) in [7, 11) is 1.77.